The van der Waals surface area contributed by atoms with Gasteiger partial charge in [-0.1, -0.05) is 146 Å². The largest absolute Gasteiger partial charge is 0.310 e. The second kappa shape index (κ2) is 12.7. The molecule has 0 atom stereocenters. The van der Waals surface area contributed by atoms with Crippen molar-refractivity contribution in [1.29, 1.82) is 0 Å². The average Bonchev–Trinajstić information content (AvgIpc) is 3.60. The van der Waals surface area contributed by atoms with Gasteiger partial charge in [0.15, 0.2) is 0 Å². The van der Waals surface area contributed by atoms with Gasteiger partial charge in [-0.3, -0.25) is 0 Å². The zero-order valence-electron chi connectivity index (χ0n) is 28.4. The molecule has 1 heterocycles. The summed E-state index contributed by atoms with van der Waals surface area (Å²) in [4.78, 5) is 2.42. The third-order valence-electron chi connectivity index (χ3n) is 10.2. The summed E-state index contributed by atoms with van der Waals surface area (Å²) in [5, 5.41) is 7.53. The molecule has 0 N–H and O–H groups in total. The first-order valence-corrected chi connectivity index (χ1v) is 18.6. The molecule has 9 aromatic carbocycles. The van der Waals surface area contributed by atoms with Crippen LogP contribution in [0.5, 0.6) is 0 Å². The number of fused-ring (bicyclic) bond motifs is 5. The molecule has 10 aromatic rings. The maximum Gasteiger partial charge on any atom is 0.0540 e. The van der Waals surface area contributed by atoms with E-state index in [2.05, 4.69) is 205 Å². The summed E-state index contributed by atoms with van der Waals surface area (Å²) < 4.78 is 2.58. The number of nitrogens with zero attached hydrogens (tertiary/aromatic N) is 1. The van der Waals surface area contributed by atoms with Crippen molar-refractivity contribution in [1.82, 2.24) is 0 Å². The van der Waals surface area contributed by atoms with Gasteiger partial charge < -0.3 is 4.90 Å². The first-order valence-electron chi connectivity index (χ1n) is 17.8. The summed E-state index contributed by atoms with van der Waals surface area (Å²) in [5.74, 6) is 0. The summed E-state index contributed by atoms with van der Waals surface area (Å²) in [7, 11) is 0. The number of thiophene rings is 1. The van der Waals surface area contributed by atoms with Crippen molar-refractivity contribution in [2.45, 2.75) is 0 Å². The van der Waals surface area contributed by atoms with E-state index in [4.69, 9.17) is 0 Å². The fourth-order valence-corrected chi connectivity index (χ4v) is 8.81. The number of rotatable bonds is 6. The molecule has 1 nitrogen and oxygen atoms in total. The van der Waals surface area contributed by atoms with E-state index < -0.39 is 0 Å². The van der Waals surface area contributed by atoms with Crippen LogP contribution in [-0.4, -0.2) is 0 Å². The van der Waals surface area contributed by atoms with E-state index in [9.17, 15) is 0 Å². The number of anilines is 3. The Morgan fingerprint density at radius 3 is 1.85 bits per heavy atom. The number of hydrogen-bond acceptors (Lipinski definition) is 2. The standard InChI is InChI=1S/C50H33NS/c1-2-11-34(12-3-1)39-17-8-18-41(32-39)45-20-10-22-49-50(45)46-33-43(29-30-48(46)52-49)51(47-21-9-16-37-14-6-7-19-44(37)47)42-27-25-36(26-28-42)40-24-23-35-13-4-5-15-38(35)31-40/h1-33H. The Bertz CT molecular complexity index is 2900. The van der Waals surface area contributed by atoms with Gasteiger partial charge in [-0.05, 0) is 104 Å². The molecule has 0 amide bonds. The van der Waals surface area contributed by atoms with Gasteiger partial charge in [0.25, 0.3) is 0 Å². The second-order valence-electron chi connectivity index (χ2n) is 13.4. The van der Waals surface area contributed by atoms with Crippen LogP contribution >= 0.6 is 11.3 Å². The molecule has 10 rings (SSSR count). The molecular weight excluding hydrogens is 647 g/mol. The van der Waals surface area contributed by atoms with Crippen molar-refractivity contribution in [3.8, 4) is 33.4 Å². The third-order valence-corrected chi connectivity index (χ3v) is 11.4. The normalized spacial score (nSPS) is 11.5. The Hall–Kier alpha value is -6.48. The SMILES string of the molecule is c1ccc(-c2cccc(-c3cccc4sc5ccc(N(c6ccc(-c7ccc8ccccc8c7)cc6)c6cccc7ccccc67)cc5c34)c2)cc1. The molecule has 0 bridgehead atoms. The number of hydrogen-bond donors (Lipinski definition) is 0. The minimum atomic E-state index is 1.12. The Kier molecular flexibility index (Phi) is 7.41. The van der Waals surface area contributed by atoms with E-state index >= 15 is 0 Å². The van der Waals surface area contributed by atoms with Gasteiger partial charge >= 0.3 is 0 Å². The quantitative estimate of drug-likeness (QED) is 0.169. The van der Waals surface area contributed by atoms with Gasteiger partial charge in [0, 0.05) is 36.9 Å². The highest BCUT2D eigenvalue weighted by atomic mass is 32.1. The monoisotopic (exact) mass is 679 g/mol. The van der Waals surface area contributed by atoms with Gasteiger partial charge in [0.2, 0.25) is 0 Å². The van der Waals surface area contributed by atoms with E-state index in [1.807, 2.05) is 11.3 Å². The van der Waals surface area contributed by atoms with Gasteiger partial charge in [-0.25, -0.2) is 0 Å². The van der Waals surface area contributed by atoms with Gasteiger partial charge in [0.05, 0.1) is 5.69 Å². The molecule has 2 heteroatoms. The summed E-state index contributed by atoms with van der Waals surface area (Å²) in [6.45, 7) is 0. The Morgan fingerprint density at radius 2 is 0.962 bits per heavy atom. The third kappa shape index (κ3) is 5.33. The first kappa shape index (κ1) is 30.4. The zero-order valence-corrected chi connectivity index (χ0v) is 29.2. The van der Waals surface area contributed by atoms with Crippen LogP contribution in [0, 0.1) is 0 Å². The zero-order chi connectivity index (χ0) is 34.4. The van der Waals surface area contributed by atoms with Crippen molar-refractivity contribution in [3.05, 3.63) is 200 Å². The lowest BCUT2D eigenvalue weighted by Gasteiger charge is -2.27. The highest BCUT2D eigenvalue weighted by molar-refractivity contribution is 7.26. The molecule has 0 spiro atoms. The van der Waals surface area contributed by atoms with Crippen molar-refractivity contribution in [2.75, 3.05) is 4.90 Å². The summed E-state index contributed by atoms with van der Waals surface area (Å²) >= 11 is 1.87. The van der Waals surface area contributed by atoms with Crippen molar-refractivity contribution < 1.29 is 0 Å². The van der Waals surface area contributed by atoms with Crippen LogP contribution in [0.2, 0.25) is 0 Å². The van der Waals surface area contributed by atoms with Crippen molar-refractivity contribution in [2.24, 2.45) is 0 Å². The summed E-state index contributed by atoms with van der Waals surface area (Å²) in [6, 6.07) is 73.0. The Morgan fingerprint density at radius 1 is 0.327 bits per heavy atom. The van der Waals surface area contributed by atoms with Crippen LogP contribution in [-0.2, 0) is 0 Å². The molecule has 0 fully saturated rings. The topological polar surface area (TPSA) is 3.24 Å². The van der Waals surface area contributed by atoms with Crippen LogP contribution in [0.15, 0.2) is 200 Å². The average molecular weight is 680 g/mol. The lowest BCUT2D eigenvalue weighted by atomic mass is 9.96. The van der Waals surface area contributed by atoms with Gasteiger partial charge in [-0.15, -0.1) is 11.3 Å². The molecule has 0 radical (unpaired) electrons. The molecule has 0 aliphatic rings. The van der Waals surface area contributed by atoms with Crippen molar-refractivity contribution >= 4 is 70.1 Å². The molecule has 0 saturated carbocycles. The molecule has 0 aliphatic heterocycles. The van der Waals surface area contributed by atoms with Crippen LogP contribution < -0.4 is 4.90 Å². The highest BCUT2D eigenvalue weighted by Gasteiger charge is 2.19. The van der Waals surface area contributed by atoms with Crippen LogP contribution in [0.1, 0.15) is 0 Å². The number of benzene rings is 9. The highest BCUT2D eigenvalue weighted by Crippen LogP contribution is 2.45. The second-order valence-corrected chi connectivity index (χ2v) is 14.4. The van der Waals surface area contributed by atoms with Gasteiger partial charge in [-0.2, -0.15) is 0 Å². The van der Waals surface area contributed by atoms with Crippen LogP contribution in [0.25, 0.3) is 75.1 Å². The molecule has 0 saturated heterocycles. The maximum absolute atomic E-state index is 2.42. The predicted octanol–water partition coefficient (Wildman–Crippen LogP) is 14.8. The molecule has 52 heavy (non-hydrogen) atoms. The predicted molar refractivity (Wildman–Crippen MR) is 225 cm³/mol. The summed E-state index contributed by atoms with van der Waals surface area (Å²) in [5.41, 5.74) is 10.8. The van der Waals surface area contributed by atoms with Gasteiger partial charge in [0.1, 0.15) is 0 Å². The van der Waals surface area contributed by atoms with Crippen LogP contribution in [0.4, 0.5) is 17.1 Å². The maximum atomic E-state index is 2.42. The first-order chi connectivity index (χ1) is 25.8. The minimum Gasteiger partial charge on any atom is -0.310 e. The fraction of sp³-hybridized carbons (Fsp3) is 0. The molecular formula is C50H33NS. The lowest BCUT2D eigenvalue weighted by Crippen LogP contribution is -2.10. The Balaban J connectivity index is 1.14. The Labute approximate surface area is 307 Å². The molecule has 1 aromatic heterocycles. The molecule has 0 aliphatic carbocycles. The van der Waals surface area contributed by atoms with Crippen molar-refractivity contribution in [3.63, 3.8) is 0 Å². The van der Waals surface area contributed by atoms with E-state index in [1.54, 1.807) is 0 Å². The smallest absolute Gasteiger partial charge is 0.0540 e. The van der Waals surface area contributed by atoms with E-state index in [-0.39, 0.29) is 0 Å². The summed E-state index contributed by atoms with van der Waals surface area (Å²) in [6.07, 6.45) is 0. The van der Waals surface area contributed by atoms with E-state index in [0.717, 1.165) is 17.1 Å². The molecule has 0 unspecified atom stereocenters. The van der Waals surface area contributed by atoms with E-state index in [1.165, 1.54) is 75.1 Å². The fourth-order valence-electron chi connectivity index (χ4n) is 7.69. The van der Waals surface area contributed by atoms with Crippen LogP contribution in [0.3, 0.4) is 0 Å². The molecule has 244 valence electrons. The minimum absolute atomic E-state index is 1.12. The lowest BCUT2D eigenvalue weighted by molar-refractivity contribution is 1.30. The van der Waals surface area contributed by atoms with E-state index in [0.29, 0.717) is 0 Å².